The van der Waals surface area contributed by atoms with Crippen molar-refractivity contribution in [1.82, 2.24) is 0 Å². The smallest absolute Gasteiger partial charge is 0.335 e. The number of aromatic carboxylic acids is 1. The third-order valence-corrected chi connectivity index (χ3v) is 2.93. The number of hydrogen-bond donors (Lipinski definition) is 1. The highest BCUT2D eigenvalue weighted by atomic mass is 127. The first-order valence-electron chi connectivity index (χ1n) is 5.13. The van der Waals surface area contributed by atoms with Crippen LogP contribution in [0.25, 0.3) is 0 Å². The number of benzene rings is 2. The van der Waals surface area contributed by atoms with E-state index in [9.17, 15) is 13.6 Å². The average Bonchev–Trinajstić information content (AvgIpc) is 2.33. The molecule has 0 radical (unpaired) electrons. The van der Waals surface area contributed by atoms with Crippen LogP contribution < -0.4 is 4.74 Å². The summed E-state index contributed by atoms with van der Waals surface area (Å²) in [6.45, 7) is 0. The predicted molar refractivity (Wildman–Crippen MR) is 72.6 cm³/mol. The van der Waals surface area contributed by atoms with Crippen LogP contribution in [-0.4, -0.2) is 11.1 Å². The Bertz CT molecular complexity index is 621. The molecule has 98 valence electrons. The van der Waals surface area contributed by atoms with Crippen LogP contribution in [0.3, 0.4) is 0 Å². The van der Waals surface area contributed by atoms with E-state index in [0.29, 0.717) is 12.1 Å². The van der Waals surface area contributed by atoms with Gasteiger partial charge in [-0.05, 0) is 52.9 Å². The van der Waals surface area contributed by atoms with Crippen LogP contribution in [0, 0.1) is 15.2 Å². The molecule has 0 saturated heterocycles. The standard InChI is InChI=1S/C13H7F2IO3/c14-10-4-7(13(17)18)5-11(15)12(10)19-9-3-1-2-8(16)6-9/h1-6H,(H,17,18). The first-order chi connectivity index (χ1) is 8.97. The molecule has 0 bridgehead atoms. The molecule has 0 aliphatic rings. The lowest BCUT2D eigenvalue weighted by Gasteiger charge is -2.09. The summed E-state index contributed by atoms with van der Waals surface area (Å²) in [7, 11) is 0. The van der Waals surface area contributed by atoms with Crippen molar-refractivity contribution in [3.63, 3.8) is 0 Å². The van der Waals surface area contributed by atoms with Gasteiger partial charge in [-0.25, -0.2) is 13.6 Å². The van der Waals surface area contributed by atoms with E-state index in [4.69, 9.17) is 9.84 Å². The third-order valence-electron chi connectivity index (χ3n) is 2.26. The molecule has 2 rings (SSSR count). The molecule has 2 aromatic carbocycles. The lowest BCUT2D eigenvalue weighted by atomic mass is 10.2. The number of carboxylic acids is 1. The summed E-state index contributed by atoms with van der Waals surface area (Å²) < 4.78 is 33.2. The van der Waals surface area contributed by atoms with Crippen LogP contribution in [-0.2, 0) is 0 Å². The first-order valence-corrected chi connectivity index (χ1v) is 6.21. The van der Waals surface area contributed by atoms with Gasteiger partial charge in [-0.15, -0.1) is 0 Å². The second-order valence-corrected chi connectivity index (χ2v) is 4.88. The average molecular weight is 376 g/mol. The van der Waals surface area contributed by atoms with Gasteiger partial charge in [0.25, 0.3) is 0 Å². The largest absolute Gasteiger partial charge is 0.478 e. The molecular weight excluding hydrogens is 369 g/mol. The summed E-state index contributed by atoms with van der Waals surface area (Å²) >= 11 is 2.03. The molecule has 0 aliphatic carbocycles. The second kappa shape index (κ2) is 5.52. The molecule has 0 fully saturated rings. The topological polar surface area (TPSA) is 46.5 Å². The van der Waals surface area contributed by atoms with Crippen LogP contribution in [0.15, 0.2) is 36.4 Å². The number of hydrogen-bond acceptors (Lipinski definition) is 2. The van der Waals surface area contributed by atoms with Crippen molar-refractivity contribution < 1.29 is 23.4 Å². The van der Waals surface area contributed by atoms with E-state index < -0.39 is 28.9 Å². The minimum atomic E-state index is -1.40. The highest BCUT2D eigenvalue weighted by Crippen LogP contribution is 2.29. The summed E-state index contributed by atoms with van der Waals surface area (Å²) in [5.74, 6) is -3.87. The van der Waals surface area contributed by atoms with Gasteiger partial charge in [-0.3, -0.25) is 0 Å². The zero-order valence-corrected chi connectivity index (χ0v) is 11.5. The summed E-state index contributed by atoms with van der Waals surface area (Å²) in [6.07, 6.45) is 0. The minimum absolute atomic E-state index is 0.271. The summed E-state index contributed by atoms with van der Waals surface area (Å²) in [5, 5.41) is 8.68. The molecule has 0 saturated carbocycles. The number of rotatable bonds is 3. The highest BCUT2D eigenvalue weighted by molar-refractivity contribution is 14.1. The van der Waals surface area contributed by atoms with E-state index in [-0.39, 0.29) is 5.75 Å². The molecule has 0 heterocycles. The zero-order valence-electron chi connectivity index (χ0n) is 9.36. The van der Waals surface area contributed by atoms with Gasteiger partial charge in [-0.1, -0.05) is 6.07 Å². The van der Waals surface area contributed by atoms with Crippen molar-refractivity contribution in [2.45, 2.75) is 0 Å². The number of ether oxygens (including phenoxy) is 1. The molecule has 6 heteroatoms. The van der Waals surface area contributed by atoms with Crippen LogP contribution in [0.1, 0.15) is 10.4 Å². The van der Waals surface area contributed by atoms with E-state index in [1.54, 1.807) is 24.3 Å². The molecule has 0 atom stereocenters. The Morgan fingerprint density at radius 1 is 1.16 bits per heavy atom. The molecule has 0 unspecified atom stereocenters. The molecule has 3 nitrogen and oxygen atoms in total. The normalized spacial score (nSPS) is 10.3. The summed E-state index contributed by atoms with van der Waals surface area (Å²) in [5.41, 5.74) is -0.468. The molecule has 19 heavy (non-hydrogen) atoms. The molecule has 0 aliphatic heterocycles. The Morgan fingerprint density at radius 2 is 1.79 bits per heavy atom. The fraction of sp³-hybridized carbons (Fsp3) is 0. The van der Waals surface area contributed by atoms with Crippen molar-refractivity contribution in [2.75, 3.05) is 0 Å². The van der Waals surface area contributed by atoms with E-state index >= 15 is 0 Å². The Morgan fingerprint density at radius 3 is 2.32 bits per heavy atom. The lowest BCUT2D eigenvalue weighted by Crippen LogP contribution is -2.01. The number of carbonyl (C=O) groups is 1. The van der Waals surface area contributed by atoms with Gasteiger partial charge in [-0.2, -0.15) is 0 Å². The highest BCUT2D eigenvalue weighted by Gasteiger charge is 2.16. The van der Waals surface area contributed by atoms with Gasteiger partial charge in [0.05, 0.1) is 5.56 Å². The van der Waals surface area contributed by atoms with Crippen molar-refractivity contribution >= 4 is 28.6 Å². The van der Waals surface area contributed by atoms with Gasteiger partial charge in [0.15, 0.2) is 17.4 Å². The van der Waals surface area contributed by atoms with Crippen molar-refractivity contribution in [3.05, 3.63) is 57.2 Å². The van der Waals surface area contributed by atoms with E-state index in [1.165, 1.54) is 0 Å². The zero-order chi connectivity index (χ0) is 14.0. The quantitative estimate of drug-likeness (QED) is 0.822. The van der Waals surface area contributed by atoms with Gasteiger partial charge in [0.2, 0.25) is 0 Å². The Kier molecular flexibility index (Phi) is 3.98. The van der Waals surface area contributed by atoms with Crippen molar-refractivity contribution in [3.8, 4) is 11.5 Å². The fourth-order valence-electron chi connectivity index (χ4n) is 1.43. The Balaban J connectivity index is 2.38. The molecule has 0 amide bonds. The SMILES string of the molecule is O=C(O)c1cc(F)c(Oc2cccc(I)c2)c(F)c1. The first kappa shape index (κ1) is 13.7. The maximum Gasteiger partial charge on any atom is 0.335 e. The molecule has 0 spiro atoms. The van der Waals surface area contributed by atoms with Crippen molar-refractivity contribution in [2.24, 2.45) is 0 Å². The number of halogens is 3. The maximum atomic E-state index is 13.6. The maximum absolute atomic E-state index is 13.6. The molecule has 2 aromatic rings. The second-order valence-electron chi connectivity index (χ2n) is 3.63. The van der Waals surface area contributed by atoms with E-state index in [1.807, 2.05) is 22.6 Å². The van der Waals surface area contributed by atoms with Gasteiger partial charge in [0, 0.05) is 3.57 Å². The monoisotopic (exact) mass is 376 g/mol. The van der Waals surface area contributed by atoms with Crippen LogP contribution in [0.2, 0.25) is 0 Å². The minimum Gasteiger partial charge on any atom is -0.478 e. The summed E-state index contributed by atoms with van der Waals surface area (Å²) in [4.78, 5) is 10.6. The molecule has 0 aromatic heterocycles. The van der Waals surface area contributed by atoms with E-state index in [0.717, 1.165) is 3.57 Å². The third kappa shape index (κ3) is 3.19. The molecule has 1 N–H and O–H groups in total. The Hall–Kier alpha value is -1.70. The number of carboxylic acid groups (broad SMARTS) is 1. The molecular formula is C13H7F2IO3. The summed E-state index contributed by atoms with van der Waals surface area (Å²) in [6, 6.07) is 8.06. The van der Waals surface area contributed by atoms with Gasteiger partial charge < -0.3 is 9.84 Å². The van der Waals surface area contributed by atoms with Gasteiger partial charge in [0.1, 0.15) is 5.75 Å². The lowest BCUT2D eigenvalue weighted by molar-refractivity contribution is 0.0695. The Labute approximate surface area is 121 Å². The predicted octanol–water partition coefficient (Wildman–Crippen LogP) is 4.06. The van der Waals surface area contributed by atoms with Crippen LogP contribution in [0.4, 0.5) is 8.78 Å². The van der Waals surface area contributed by atoms with Crippen LogP contribution in [0.5, 0.6) is 11.5 Å². The fourth-order valence-corrected chi connectivity index (χ4v) is 1.94. The van der Waals surface area contributed by atoms with Gasteiger partial charge >= 0.3 is 5.97 Å². The van der Waals surface area contributed by atoms with Crippen molar-refractivity contribution in [1.29, 1.82) is 0 Å². The van der Waals surface area contributed by atoms with Crippen LogP contribution >= 0.6 is 22.6 Å². The van der Waals surface area contributed by atoms with E-state index in [2.05, 4.69) is 0 Å².